The molecule has 0 aliphatic heterocycles. The molecule has 1 atom stereocenters. The van der Waals surface area contributed by atoms with Crippen molar-refractivity contribution >= 4 is 28.8 Å². The molecule has 0 spiro atoms. The summed E-state index contributed by atoms with van der Waals surface area (Å²) in [5.74, 6) is 0.00351. The van der Waals surface area contributed by atoms with E-state index in [0.29, 0.717) is 20.5 Å². The first-order valence-electron chi connectivity index (χ1n) is 6.42. The molecule has 0 fully saturated rings. The van der Waals surface area contributed by atoms with Crippen molar-refractivity contribution in [1.82, 2.24) is 5.32 Å². The number of furan rings is 2. The lowest BCUT2D eigenvalue weighted by Gasteiger charge is -2.25. The fourth-order valence-electron chi connectivity index (χ4n) is 2.08. The van der Waals surface area contributed by atoms with E-state index in [0.717, 1.165) is 0 Å². The highest BCUT2D eigenvalue weighted by Crippen LogP contribution is 2.30. The molecule has 7 heteroatoms. The maximum atomic E-state index is 12.1. The van der Waals surface area contributed by atoms with Crippen LogP contribution in [0.1, 0.15) is 21.0 Å². The third-order valence-corrected chi connectivity index (χ3v) is 4.46. The number of nitrogens with one attached hydrogen (secondary N) is 1. The summed E-state index contributed by atoms with van der Waals surface area (Å²) in [5, 5.41) is 13.6. The average molecular weight is 338 g/mol. The standard InChI is InChI=1S/C15H12ClNO4S/c16-13-4-3-11(22-13)14(18)17-9-15(19,10-5-7-20-8-10)12-2-1-6-21-12/h1-8,19H,9H2,(H,17,18). The third kappa shape index (κ3) is 2.81. The minimum Gasteiger partial charge on any atom is -0.472 e. The highest BCUT2D eigenvalue weighted by molar-refractivity contribution is 7.17. The molecule has 3 aromatic rings. The molecule has 0 aliphatic rings. The van der Waals surface area contributed by atoms with Gasteiger partial charge in [-0.25, -0.2) is 0 Å². The van der Waals surface area contributed by atoms with Crippen molar-refractivity contribution in [3.8, 4) is 0 Å². The lowest BCUT2D eigenvalue weighted by atomic mass is 9.93. The van der Waals surface area contributed by atoms with E-state index < -0.39 is 5.60 Å². The highest BCUT2D eigenvalue weighted by Gasteiger charge is 2.36. The van der Waals surface area contributed by atoms with Crippen LogP contribution in [0, 0.1) is 0 Å². The van der Waals surface area contributed by atoms with Gasteiger partial charge in [0.25, 0.3) is 5.91 Å². The first-order valence-corrected chi connectivity index (χ1v) is 7.61. The Morgan fingerprint density at radius 3 is 2.77 bits per heavy atom. The number of rotatable bonds is 5. The molecule has 5 nitrogen and oxygen atoms in total. The van der Waals surface area contributed by atoms with E-state index in [1.807, 2.05) is 0 Å². The van der Waals surface area contributed by atoms with Crippen LogP contribution in [0.2, 0.25) is 4.34 Å². The van der Waals surface area contributed by atoms with Gasteiger partial charge < -0.3 is 19.3 Å². The van der Waals surface area contributed by atoms with Crippen LogP contribution in [0.3, 0.4) is 0 Å². The monoisotopic (exact) mass is 337 g/mol. The molecule has 1 unspecified atom stereocenters. The lowest BCUT2D eigenvalue weighted by Crippen LogP contribution is -2.41. The molecule has 0 saturated heterocycles. The number of hydrogen-bond acceptors (Lipinski definition) is 5. The Balaban J connectivity index is 1.81. The molecule has 1 amide bonds. The summed E-state index contributed by atoms with van der Waals surface area (Å²) in [6.07, 6.45) is 4.32. The van der Waals surface area contributed by atoms with Crippen molar-refractivity contribution in [2.75, 3.05) is 6.54 Å². The summed E-state index contributed by atoms with van der Waals surface area (Å²) < 4.78 is 10.9. The second-order valence-electron chi connectivity index (χ2n) is 4.64. The number of halogens is 1. The number of amides is 1. The predicted molar refractivity (Wildman–Crippen MR) is 82.1 cm³/mol. The molecule has 2 N–H and O–H groups in total. The van der Waals surface area contributed by atoms with Gasteiger partial charge in [-0.1, -0.05) is 11.6 Å². The normalized spacial score (nSPS) is 13.7. The van der Waals surface area contributed by atoms with Crippen LogP contribution in [0.25, 0.3) is 0 Å². The first-order chi connectivity index (χ1) is 10.6. The van der Waals surface area contributed by atoms with E-state index in [1.165, 1.54) is 30.1 Å². The summed E-state index contributed by atoms with van der Waals surface area (Å²) >= 11 is 6.99. The van der Waals surface area contributed by atoms with Crippen LogP contribution >= 0.6 is 22.9 Å². The van der Waals surface area contributed by atoms with Crippen LogP contribution in [-0.4, -0.2) is 17.6 Å². The zero-order valence-corrected chi connectivity index (χ0v) is 12.9. The molecule has 3 heterocycles. The fraction of sp³-hybridized carbons (Fsp3) is 0.133. The van der Waals surface area contributed by atoms with E-state index in [4.69, 9.17) is 20.4 Å². The van der Waals surface area contributed by atoms with Crippen LogP contribution < -0.4 is 5.32 Å². The summed E-state index contributed by atoms with van der Waals surface area (Å²) in [6, 6.07) is 8.21. The molecular weight excluding hydrogens is 326 g/mol. The van der Waals surface area contributed by atoms with Crippen molar-refractivity contribution in [3.63, 3.8) is 0 Å². The molecule has 0 aliphatic carbocycles. The summed E-state index contributed by atoms with van der Waals surface area (Å²) in [4.78, 5) is 12.6. The summed E-state index contributed by atoms with van der Waals surface area (Å²) in [5.41, 5.74) is -1.01. The second-order valence-corrected chi connectivity index (χ2v) is 6.35. The highest BCUT2D eigenvalue weighted by atomic mass is 35.5. The summed E-state index contributed by atoms with van der Waals surface area (Å²) in [7, 11) is 0. The zero-order chi connectivity index (χ0) is 15.6. The molecule has 3 rings (SSSR count). The van der Waals surface area contributed by atoms with Gasteiger partial charge in [0.1, 0.15) is 5.76 Å². The molecule has 0 radical (unpaired) electrons. The van der Waals surface area contributed by atoms with E-state index >= 15 is 0 Å². The van der Waals surface area contributed by atoms with E-state index in [9.17, 15) is 9.90 Å². The quantitative estimate of drug-likeness (QED) is 0.749. The largest absolute Gasteiger partial charge is 0.472 e. The van der Waals surface area contributed by atoms with Gasteiger partial charge in [-0.3, -0.25) is 4.79 Å². The van der Waals surface area contributed by atoms with Crippen molar-refractivity contribution in [1.29, 1.82) is 0 Å². The number of aliphatic hydroxyl groups is 1. The SMILES string of the molecule is O=C(NCC(O)(c1ccoc1)c1ccco1)c1ccc(Cl)s1. The topological polar surface area (TPSA) is 75.6 Å². The van der Waals surface area contributed by atoms with E-state index in [1.54, 1.807) is 30.3 Å². The fourth-order valence-corrected chi connectivity index (χ4v) is 3.04. The van der Waals surface area contributed by atoms with Gasteiger partial charge in [-0.2, -0.15) is 0 Å². The Morgan fingerprint density at radius 2 is 2.18 bits per heavy atom. The molecular formula is C15H12ClNO4S. The molecule has 22 heavy (non-hydrogen) atoms. The van der Waals surface area contributed by atoms with E-state index in [-0.39, 0.29) is 12.5 Å². The van der Waals surface area contributed by atoms with Crippen LogP contribution in [-0.2, 0) is 5.60 Å². The van der Waals surface area contributed by atoms with Gasteiger partial charge in [-0.15, -0.1) is 11.3 Å². The van der Waals surface area contributed by atoms with Crippen molar-refractivity contribution in [2.45, 2.75) is 5.60 Å². The molecule has 114 valence electrons. The first kappa shape index (κ1) is 14.9. The minimum absolute atomic E-state index is 0.0611. The number of carbonyl (C=O) groups is 1. The molecule has 0 bridgehead atoms. The predicted octanol–water partition coefficient (Wildman–Crippen LogP) is 3.25. The van der Waals surface area contributed by atoms with Gasteiger partial charge >= 0.3 is 0 Å². The maximum Gasteiger partial charge on any atom is 0.261 e. The average Bonchev–Trinajstić information content (AvgIpc) is 3.24. The van der Waals surface area contributed by atoms with Gasteiger partial charge in [0.05, 0.1) is 34.5 Å². The summed E-state index contributed by atoms with van der Waals surface area (Å²) in [6.45, 7) is -0.0611. The van der Waals surface area contributed by atoms with Crippen LogP contribution in [0.4, 0.5) is 0 Å². The molecule has 0 saturated carbocycles. The minimum atomic E-state index is -1.51. The number of hydrogen-bond donors (Lipinski definition) is 2. The van der Waals surface area contributed by atoms with Gasteiger partial charge in [-0.05, 0) is 30.3 Å². The zero-order valence-electron chi connectivity index (χ0n) is 11.3. The molecule has 0 aromatic carbocycles. The lowest BCUT2D eigenvalue weighted by molar-refractivity contribution is 0.0521. The maximum absolute atomic E-state index is 12.1. The van der Waals surface area contributed by atoms with Gasteiger partial charge in [0, 0.05) is 5.56 Å². The van der Waals surface area contributed by atoms with Crippen molar-refractivity contribution < 1.29 is 18.7 Å². The Morgan fingerprint density at radius 1 is 1.32 bits per heavy atom. The van der Waals surface area contributed by atoms with Crippen molar-refractivity contribution in [2.24, 2.45) is 0 Å². The molecule has 3 aromatic heterocycles. The Labute approximate surface area is 135 Å². The van der Waals surface area contributed by atoms with Crippen LogP contribution in [0.5, 0.6) is 0 Å². The van der Waals surface area contributed by atoms with Gasteiger partial charge in [0.15, 0.2) is 5.60 Å². The number of thiophene rings is 1. The van der Waals surface area contributed by atoms with Crippen molar-refractivity contribution in [3.05, 3.63) is 69.7 Å². The Hall–Kier alpha value is -2.02. The smallest absolute Gasteiger partial charge is 0.261 e. The number of carbonyl (C=O) groups excluding carboxylic acids is 1. The van der Waals surface area contributed by atoms with Crippen LogP contribution in [0.15, 0.2) is 58.0 Å². The Bertz CT molecular complexity index is 714. The second kappa shape index (κ2) is 6.00. The third-order valence-electron chi connectivity index (χ3n) is 3.23. The van der Waals surface area contributed by atoms with E-state index in [2.05, 4.69) is 5.32 Å². The van der Waals surface area contributed by atoms with Gasteiger partial charge in [0.2, 0.25) is 0 Å². The Kier molecular flexibility index (Phi) is 4.06.